The zero-order valence-electron chi connectivity index (χ0n) is 10.3. The molecule has 0 aromatic carbocycles. The molecule has 0 aromatic rings. The quantitative estimate of drug-likeness (QED) is 0.412. The lowest BCUT2D eigenvalue weighted by molar-refractivity contribution is -0.161. The van der Waals surface area contributed by atoms with Crippen molar-refractivity contribution in [3.8, 4) is 0 Å². The predicted molar refractivity (Wildman–Crippen MR) is 67.5 cm³/mol. The highest BCUT2D eigenvalue weighted by Gasteiger charge is 2.38. The minimum absolute atomic E-state index is 0.0880. The molecule has 3 nitrogen and oxygen atoms in total. The maximum Gasteiger partial charge on any atom is 0.330 e. The summed E-state index contributed by atoms with van der Waals surface area (Å²) in [6, 6.07) is 0. The zero-order valence-corrected chi connectivity index (χ0v) is 12.3. The molecule has 0 aromatic heterocycles. The molecule has 0 spiro atoms. The molecule has 0 radical (unpaired) electrons. The molecule has 1 aliphatic rings. The van der Waals surface area contributed by atoms with Crippen LogP contribution in [0.2, 0.25) is 0 Å². The highest BCUT2D eigenvalue weighted by Crippen LogP contribution is 2.29. The van der Waals surface area contributed by atoms with Gasteiger partial charge in [-0.2, -0.15) is 0 Å². The molecule has 0 N–H and O–H groups in total. The zero-order chi connectivity index (χ0) is 12.0. The van der Waals surface area contributed by atoms with Crippen LogP contribution in [0.4, 0.5) is 0 Å². The first kappa shape index (κ1) is 13.5. The van der Waals surface area contributed by atoms with Crippen LogP contribution in [0.5, 0.6) is 0 Å². The van der Waals surface area contributed by atoms with Crippen molar-refractivity contribution < 1.29 is 14.3 Å². The highest BCUT2D eigenvalue weighted by molar-refractivity contribution is 6.15. The monoisotopic (exact) mass is 242 g/mol. The van der Waals surface area contributed by atoms with E-state index in [2.05, 4.69) is 13.5 Å². The van der Waals surface area contributed by atoms with Gasteiger partial charge in [-0.1, -0.05) is 19.9 Å². The van der Waals surface area contributed by atoms with Crippen molar-refractivity contribution in [3.63, 3.8) is 0 Å². The average Bonchev–Trinajstić information content (AvgIpc) is 2.29. The number of carbonyl (C=O) groups is 1. The van der Waals surface area contributed by atoms with E-state index >= 15 is 0 Å². The molecule has 1 rings (SSSR count). The predicted octanol–water partition coefficient (Wildman–Crippen LogP) is 1.15. The minimum atomic E-state index is -0.331. The molecule has 2 atom stereocenters. The van der Waals surface area contributed by atoms with Crippen molar-refractivity contribution in [2.75, 3.05) is 6.61 Å². The van der Waals surface area contributed by atoms with Gasteiger partial charge in [0.1, 0.15) is 6.10 Å². The van der Waals surface area contributed by atoms with Gasteiger partial charge < -0.3 is 9.47 Å². The third-order valence-electron chi connectivity index (χ3n) is 3.16. The van der Waals surface area contributed by atoms with Crippen LogP contribution in [-0.2, 0) is 14.3 Å². The topological polar surface area (TPSA) is 35.5 Å². The molecule has 2 unspecified atom stereocenters. The highest BCUT2D eigenvalue weighted by atomic mass is 28.1. The van der Waals surface area contributed by atoms with Gasteiger partial charge in [0.2, 0.25) is 0 Å². The summed E-state index contributed by atoms with van der Waals surface area (Å²) < 4.78 is 11.3. The van der Waals surface area contributed by atoms with Crippen molar-refractivity contribution in [3.05, 3.63) is 12.7 Å². The smallest absolute Gasteiger partial charge is 0.330 e. The molecule has 0 saturated carbocycles. The lowest BCUT2D eigenvalue weighted by atomic mass is 9.99. The van der Waals surface area contributed by atoms with E-state index in [1.807, 2.05) is 0 Å². The van der Waals surface area contributed by atoms with Crippen molar-refractivity contribution in [2.24, 2.45) is 0 Å². The maximum absolute atomic E-state index is 11.3. The van der Waals surface area contributed by atoms with Crippen LogP contribution in [0.25, 0.3) is 0 Å². The van der Waals surface area contributed by atoms with E-state index in [1.165, 1.54) is 12.5 Å². The molecule has 92 valence electrons. The third-order valence-corrected chi connectivity index (χ3v) is 4.59. The Kier molecular flexibility index (Phi) is 5.22. The van der Waals surface area contributed by atoms with Gasteiger partial charge in [0.05, 0.1) is 5.22 Å². The number of esters is 1. The number of hydrogen-bond acceptors (Lipinski definition) is 3. The molecule has 4 heteroatoms. The molecule has 1 fully saturated rings. The summed E-state index contributed by atoms with van der Waals surface area (Å²) in [5.74, 6) is -0.331. The van der Waals surface area contributed by atoms with Gasteiger partial charge in [0, 0.05) is 22.9 Å². The summed E-state index contributed by atoms with van der Waals surface area (Å²) in [6.07, 6.45) is 6.35. The minimum Gasteiger partial charge on any atom is -0.457 e. The van der Waals surface area contributed by atoms with Crippen LogP contribution < -0.4 is 0 Å². The fourth-order valence-electron chi connectivity index (χ4n) is 2.15. The van der Waals surface area contributed by atoms with Crippen molar-refractivity contribution in [1.29, 1.82) is 0 Å². The molecule has 16 heavy (non-hydrogen) atoms. The van der Waals surface area contributed by atoms with Crippen molar-refractivity contribution >= 4 is 16.2 Å². The normalized spacial score (nSPS) is 27.3. The summed E-state index contributed by atoms with van der Waals surface area (Å²) in [5, 5.41) is -0.174. The van der Waals surface area contributed by atoms with Crippen molar-refractivity contribution in [2.45, 2.75) is 50.4 Å². The first-order chi connectivity index (χ1) is 7.62. The standard InChI is InChI=1S/C12H22O3Si/c1-3-7-10(15-11(13)4-2)12(16)8-5-6-9-14-12/h4,10H,2-3,5-9H2,1,16H3. The molecule has 0 amide bonds. The van der Waals surface area contributed by atoms with Gasteiger partial charge in [-0.25, -0.2) is 4.79 Å². The largest absolute Gasteiger partial charge is 0.457 e. The fourth-order valence-corrected chi connectivity index (χ4v) is 3.11. The molecule has 1 aliphatic heterocycles. The Balaban J connectivity index is 2.66. The molecule has 1 saturated heterocycles. The Morgan fingerprint density at radius 3 is 2.94 bits per heavy atom. The van der Waals surface area contributed by atoms with E-state index in [1.54, 1.807) is 0 Å². The van der Waals surface area contributed by atoms with E-state index in [0.717, 1.165) is 42.5 Å². The second-order valence-corrected chi connectivity index (χ2v) is 6.23. The van der Waals surface area contributed by atoms with Crippen LogP contribution in [-0.4, -0.2) is 34.1 Å². The summed E-state index contributed by atoms with van der Waals surface area (Å²) in [4.78, 5) is 11.3. The first-order valence-corrected chi connectivity index (χ1v) is 7.09. The van der Waals surface area contributed by atoms with Gasteiger partial charge in [0.25, 0.3) is 0 Å². The Morgan fingerprint density at radius 1 is 1.69 bits per heavy atom. The summed E-state index contributed by atoms with van der Waals surface area (Å²) in [6.45, 7) is 6.34. The summed E-state index contributed by atoms with van der Waals surface area (Å²) in [7, 11) is 0.902. The molecule has 0 aliphatic carbocycles. The van der Waals surface area contributed by atoms with Gasteiger partial charge in [-0.3, -0.25) is 0 Å². The van der Waals surface area contributed by atoms with E-state index in [0.29, 0.717) is 0 Å². The number of hydrogen-bond donors (Lipinski definition) is 0. The second kappa shape index (κ2) is 6.20. The van der Waals surface area contributed by atoms with E-state index in [4.69, 9.17) is 9.47 Å². The number of carbonyl (C=O) groups excluding carboxylic acids is 1. The van der Waals surface area contributed by atoms with E-state index < -0.39 is 0 Å². The van der Waals surface area contributed by atoms with Gasteiger partial charge >= 0.3 is 5.97 Å². The number of rotatable bonds is 5. The van der Waals surface area contributed by atoms with Crippen LogP contribution in [0.3, 0.4) is 0 Å². The van der Waals surface area contributed by atoms with Gasteiger partial charge in [0.15, 0.2) is 0 Å². The lowest BCUT2D eigenvalue weighted by Gasteiger charge is -2.40. The molecule has 0 bridgehead atoms. The Hall–Kier alpha value is -0.613. The van der Waals surface area contributed by atoms with Gasteiger partial charge in [-0.05, 0) is 25.7 Å². The molecular weight excluding hydrogens is 220 g/mol. The molecular formula is C12H22O3Si. The Morgan fingerprint density at radius 2 is 2.44 bits per heavy atom. The Bertz CT molecular complexity index is 247. The average molecular weight is 242 g/mol. The van der Waals surface area contributed by atoms with Crippen LogP contribution in [0, 0.1) is 0 Å². The van der Waals surface area contributed by atoms with E-state index in [-0.39, 0.29) is 17.3 Å². The van der Waals surface area contributed by atoms with Crippen LogP contribution in [0.15, 0.2) is 12.7 Å². The first-order valence-electron chi connectivity index (χ1n) is 6.09. The summed E-state index contributed by atoms with van der Waals surface area (Å²) >= 11 is 0. The Labute approximate surface area is 101 Å². The second-order valence-electron chi connectivity index (χ2n) is 4.54. The van der Waals surface area contributed by atoms with Crippen molar-refractivity contribution in [1.82, 2.24) is 0 Å². The number of ether oxygens (including phenoxy) is 2. The van der Waals surface area contributed by atoms with Gasteiger partial charge in [-0.15, -0.1) is 0 Å². The molecule has 1 heterocycles. The van der Waals surface area contributed by atoms with Crippen LogP contribution in [0.1, 0.15) is 39.0 Å². The lowest BCUT2D eigenvalue weighted by Crippen LogP contribution is -2.49. The van der Waals surface area contributed by atoms with Crippen LogP contribution >= 0.6 is 0 Å². The SMILES string of the molecule is C=CC(=O)OC(CCC)C1([SiH3])CCCCO1. The van der Waals surface area contributed by atoms with E-state index in [9.17, 15) is 4.79 Å². The third kappa shape index (κ3) is 3.45. The maximum atomic E-state index is 11.3. The summed E-state index contributed by atoms with van der Waals surface area (Å²) in [5.41, 5.74) is 0. The fraction of sp³-hybridized carbons (Fsp3) is 0.750.